The molecule has 0 amide bonds. The molecule has 0 unspecified atom stereocenters. The maximum absolute atomic E-state index is 7.42. The highest BCUT2D eigenvalue weighted by Crippen LogP contribution is 2.31. The summed E-state index contributed by atoms with van der Waals surface area (Å²) < 4.78 is 0. The van der Waals surface area contributed by atoms with Crippen molar-refractivity contribution in [3.63, 3.8) is 0 Å². The Bertz CT molecular complexity index is 1060. The summed E-state index contributed by atoms with van der Waals surface area (Å²) >= 11 is 0. The Hall–Kier alpha value is -3.24. The van der Waals surface area contributed by atoms with Crippen LogP contribution in [0.25, 0.3) is 15.7 Å². The minimum absolute atomic E-state index is 0.615. The van der Waals surface area contributed by atoms with Crippen molar-refractivity contribution in [2.24, 2.45) is 0 Å². The number of fused-ring (bicyclic) bond motifs is 1. The number of hydrogen-bond donors (Lipinski definition) is 0. The molecule has 1 aliphatic rings. The van der Waals surface area contributed by atoms with E-state index in [1.165, 1.54) is 0 Å². The maximum atomic E-state index is 7.42. The second-order valence-electron chi connectivity index (χ2n) is 7.56. The van der Waals surface area contributed by atoms with Gasteiger partial charge in [0.05, 0.1) is 30.0 Å². The van der Waals surface area contributed by atoms with Gasteiger partial charge in [-0.3, -0.25) is 4.98 Å². The van der Waals surface area contributed by atoms with Gasteiger partial charge in [-0.25, -0.2) is 14.8 Å². The zero-order chi connectivity index (χ0) is 20.4. The van der Waals surface area contributed by atoms with Crippen molar-refractivity contribution in [2.45, 2.75) is 13.5 Å². The molecule has 7 heteroatoms. The Kier molecular flexibility index (Phi) is 5.28. The minimum atomic E-state index is 0.615. The van der Waals surface area contributed by atoms with E-state index in [2.05, 4.69) is 47.6 Å². The summed E-state index contributed by atoms with van der Waals surface area (Å²) in [6.45, 7) is 14.0. The van der Waals surface area contributed by atoms with Crippen molar-refractivity contribution in [2.75, 3.05) is 50.1 Å². The largest absolute Gasteiger partial charge is 0.368 e. The van der Waals surface area contributed by atoms with E-state index in [1.54, 1.807) is 6.20 Å². The summed E-state index contributed by atoms with van der Waals surface area (Å²) in [6.07, 6.45) is 1.79. The minimum Gasteiger partial charge on any atom is -0.368 e. The fraction of sp³-hybridized carbons (Fsp3) is 0.364. The van der Waals surface area contributed by atoms with Gasteiger partial charge < -0.3 is 14.7 Å². The van der Waals surface area contributed by atoms with E-state index in [0.29, 0.717) is 12.2 Å². The molecule has 0 spiro atoms. The Morgan fingerprint density at radius 2 is 1.93 bits per heavy atom. The number of likely N-dealkylation sites (N-methyl/N-ethyl adjacent to an activating group) is 1. The zero-order valence-corrected chi connectivity index (χ0v) is 17.1. The third-order valence-corrected chi connectivity index (χ3v) is 5.31. The first-order valence-corrected chi connectivity index (χ1v) is 9.79. The van der Waals surface area contributed by atoms with Crippen molar-refractivity contribution >= 4 is 28.1 Å². The summed E-state index contributed by atoms with van der Waals surface area (Å²) in [5.74, 6) is 1.77. The summed E-state index contributed by atoms with van der Waals surface area (Å²) in [7, 11) is 4.17. The average molecular weight is 387 g/mol. The lowest BCUT2D eigenvalue weighted by Gasteiger charge is -2.33. The summed E-state index contributed by atoms with van der Waals surface area (Å²) in [6, 6.07) is 9.76. The van der Waals surface area contributed by atoms with Gasteiger partial charge in [0, 0.05) is 45.5 Å². The van der Waals surface area contributed by atoms with Crippen LogP contribution in [0.4, 0.5) is 17.2 Å². The number of piperazine rings is 1. The van der Waals surface area contributed by atoms with E-state index in [9.17, 15) is 0 Å². The number of hydrogen-bond acceptors (Lipinski definition) is 6. The van der Waals surface area contributed by atoms with Crippen LogP contribution in [0.1, 0.15) is 11.5 Å². The van der Waals surface area contributed by atoms with Crippen molar-refractivity contribution in [1.29, 1.82) is 0 Å². The van der Waals surface area contributed by atoms with Gasteiger partial charge in [0.1, 0.15) is 11.6 Å². The standard InChI is InChI=1S/C22H25N7/c1-16-25-19(14-21(26-16)29-10-8-27(3)9-11-29)15-28(4)20-13-18(23-2)12-17-6-5-7-24-22(17)20/h5-7,12-14H,8-11,15H2,1,3-4H3. The van der Waals surface area contributed by atoms with Gasteiger partial charge in [0.25, 0.3) is 0 Å². The van der Waals surface area contributed by atoms with Crippen LogP contribution >= 0.6 is 0 Å². The number of benzene rings is 1. The fourth-order valence-corrected chi connectivity index (χ4v) is 3.73. The van der Waals surface area contributed by atoms with Crippen LogP contribution in [0, 0.1) is 13.5 Å². The maximum Gasteiger partial charge on any atom is 0.190 e. The molecule has 1 aromatic carbocycles. The smallest absolute Gasteiger partial charge is 0.190 e. The monoisotopic (exact) mass is 387 g/mol. The number of aryl methyl sites for hydroxylation is 1. The number of rotatable bonds is 4. The van der Waals surface area contributed by atoms with Crippen LogP contribution < -0.4 is 9.80 Å². The number of pyridine rings is 1. The van der Waals surface area contributed by atoms with E-state index in [1.807, 2.05) is 38.2 Å². The summed E-state index contributed by atoms with van der Waals surface area (Å²) in [4.78, 5) is 24.3. The molecule has 0 saturated carbocycles. The number of nitrogens with zero attached hydrogens (tertiary/aromatic N) is 7. The molecule has 0 bridgehead atoms. The molecule has 1 fully saturated rings. The third kappa shape index (κ3) is 4.13. The molecule has 3 heterocycles. The third-order valence-electron chi connectivity index (χ3n) is 5.31. The number of aromatic nitrogens is 3. The first-order valence-electron chi connectivity index (χ1n) is 9.79. The van der Waals surface area contributed by atoms with Gasteiger partial charge in [0.2, 0.25) is 0 Å². The van der Waals surface area contributed by atoms with Crippen molar-refractivity contribution in [3.05, 3.63) is 59.5 Å². The molecule has 1 saturated heterocycles. The van der Waals surface area contributed by atoms with E-state index < -0.39 is 0 Å². The molecule has 0 radical (unpaired) electrons. The lowest BCUT2D eigenvalue weighted by atomic mass is 10.1. The summed E-state index contributed by atoms with van der Waals surface area (Å²) in [5.41, 5.74) is 3.41. The lowest BCUT2D eigenvalue weighted by molar-refractivity contribution is 0.312. The summed E-state index contributed by atoms with van der Waals surface area (Å²) in [5, 5.41) is 0.972. The molecule has 0 atom stereocenters. The van der Waals surface area contributed by atoms with Crippen LogP contribution in [-0.4, -0.2) is 60.1 Å². The second-order valence-corrected chi connectivity index (χ2v) is 7.56. The van der Waals surface area contributed by atoms with Crippen LogP contribution in [0.2, 0.25) is 0 Å². The van der Waals surface area contributed by atoms with Crippen LogP contribution in [0.15, 0.2) is 36.5 Å². The first-order chi connectivity index (χ1) is 14.0. The highest BCUT2D eigenvalue weighted by Gasteiger charge is 2.17. The van der Waals surface area contributed by atoms with Gasteiger partial charge >= 0.3 is 0 Å². The van der Waals surface area contributed by atoms with Crippen LogP contribution in [0.5, 0.6) is 0 Å². The molecule has 1 aliphatic heterocycles. The average Bonchev–Trinajstić information content (AvgIpc) is 2.73. The molecular weight excluding hydrogens is 362 g/mol. The van der Waals surface area contributed by atoms with E-state index in [0.717, 1.165) is 60.1 Å². The fourth-order valence-electron chi connectivity index (χ4n) is 3.73. The topological polar surface area (TPSA) is 52.8 Å². The SMILES string of the molecule is [C-]#[N+]c1cc(N(C)Cc2cc(N3CCN(C)CC3)nc(C)n2)c2ncccc2c1. The van der Waals surface area contributed by atoms with Crippen molar-refractivity contribution in [1.82, 2.24) is 19.9 Å². The highest BCUT2D eigenvalue weighted by molar-refractivity contribution is 5.94. The van der Waals surface area contributed by atoms with E-state index in [4.69, 9.17) is 6.57 Å². The Morgan fingerprint density at radius 1 is 1.14 bits per heavy atom. The molecule has 0 aliphatic carbocycles. The first kappa shape index (κ1) is 19.1. The van der Waals surface area contributed by atoms with Gasteiger partial charge in [-0.1, -0.05) is 6.07 Å². The molecule has 3 aromatic rings. The van der Waals surface area contributed by atoms with E-state index in [-0.39, 0.29) is 0 Å². The predicted octanol–water partition coefficient (Wildman–Crippen LogP) is 3.27. The zero-order valence-electron chi connectivity index (χ0n) is 17.1. The second kappa shape index (κ2) is 8.02. The Balaban J connectivity index is 1.63. The van der Waals surface area contributed by atoms with Crippen molar-refractivity contribution in [3.8, 4) is 0 Å². The highest BCUT2D eigenvalue weighted by atomic mass is 15.3. The van der Waals surface area contributed by atoms with Gasteiger partial charge in [-0.15, -0.1) is 0 Å². The van der Waals surface area contributed by atoms with Crippen LogP contribution in [0.3, 0.4) is 0 Å². The number of anilines is 2. The molecule has 148 valence electrons. The molecular formula is C22H25N7. The molecule has 29 heavy (non-hydrogen) atoms. The van der Waals surface area contributed by atoms with Gasteiger partial charge in [0.15, 0.2) is 5.69 Å². The molecule has 4 rings (SSSR count). The Labute approximate surface area is 171 Å². The lowest BCUT2D eigenvalue weighted by Crippen LogP contribution is -2.45. The molecule has 7 nitrogen and oxygen atoms in total. The van der Waals surface area contributed by atoms with Gasteiger partial charge in [-0.05, 0) is 37.6 Å². The molecule has 2 aromatic heterocycles. The van der Waals surface area contributed by atoms with E-state index >= 15 is 0 Å². The van der Waals surface area contributed by atoms with Crippen molar-refractivity contribution < 1.29 is 0 Å². The van der Waals surface area contributed by atoms with Crippen LogP contribution in [-0.2, 0) is 6.54 Å². The predicted molar refractivity (Wildman–Crippen MR) is 117 cm³/mol. The Morgan fingerprint density at radius 3 is 2.69 bits per heavy atom. The quantitative estimate of drug-likeness (QED) is 0.641. The molecule has 0 N–H and O–H groups in total. The normalized spacial score (nSPS) is 14.8. The van der Waals surface area contributed by atoms with Gasteiger partial charge in [-0.2, -0.15) is 0 Å².